The smallest absolute Gasteiger partial charge is 0.270 e. The third-order valence-electron chi connectivity index (χ3n) is 3.47. The lowest BCUT2D eigenvalue weighted by Gasteiger charge is -2.38. The van der Waals surface area contributed by atoms with Crippen molar-refractivity contribution in [1.82, 2.24) is 5.32 Å². The van der Waals surface area contributed by atoms with Crippen molar-refractivity contribution >= 4 is 17.5 Å². The van der Waals surface area contributed by atoms with Crippen molar-refractivity contribution in [3.63, 3.8) is 0 Å². The maximum Gasteiger partial charge on any atom is 0.270 e. The summed E-state index contributed by atoms with van der Waals surface area (Å²) in [4.78, 5) is 26.0. The van der Waals surface area contributed by atoms with Crippen molar-refractivity contribution < 1.29 is 19.1 Å². The third-order valence-corrected chi connectivity index (χ3v) is 3.47. The molecular weight excluding hydrogens is 284 g/mol. The van der Waals surface area contributed by atoms with E-state index in [0.717, 1.165) is 0 Å². The summed E-state index contributed by atoms with van der Waals surface area (Å²) in [5.41, 5.74) is -0.225. The van der Waals surface area contributed by atoms with Crippen LogP contribution < -0.4 is 15.0 Å². The predicted molar refractivity (Wildman–Crippen MR) is 83.0 cm³/mol. The number of hydrogen-bond acceptors (Lipinski definition) is 4. The maximum absolute atomic E-state index is 12.5. The summed E-state index contributed by atoms with van der Waals surface area (Å²) in [6.07, 6.45) is 0.236. The lowest BCUT2D eigenvalue weighted by molar-refractivity contribution is -0.132. The molecule has 22 heavy (non-hydrogen) atoms. The van der Waals surface area contributed by atoms with Crippen LogP contribution in [0.4, 0.5) is 5.69 Å². The molecule has 2 rings (SSSR count). The molecule has 120 valence electrons. The van der Waals surface area contributed by atoms with Gasteiger partial charge in [-0.25, -0.2) is 0 Å². The molecule has 1 heterocycles. The van der Waals surface area contributed by atoms with Gasteiger partial charge in [0.25, 0.3) is 5.91 Å². The third kappa shape index (κ3) is 3.57. The number of fused-ring (bicyclic) bond motifs is 1. The Balaban J connectivity index is 2.05. The van der Waals surface area contributed by atoms with E-state index >= 15 is 0 Å². The van der Waals surface area contributed by atoms with E-state index in [1.807, 2.05) is 24.3 Å². The first-order valence-corrected chi connectivity index (χ1v) is 7.31. The molecule has 1 aromatic rings. The molecule has 0 unspecified atom stereocenters. The molecule has 0 spiro atoms. The Kier molecular flexibility index (Phi) is 5.03. The Bertz CT molecular complexity index is 557. The number of nitrogens with zero attached hydrogens (tertiary/aromatic N) is 1. The van der Waals surface area contributed by atoms with Gasteiger partial charge in [0.15, 0.2) is 5.60 Å². The molecule has 1 aliphatic rings. The Morgan fingerprint density at radius 2 is 2.09 bits per heavy atom. The molecule has 0 saturated carbocycles. The first-order chi connectivity index (χ1) is 10.5. The summed E-state index contributed by atoms with van der Waals surface area (Å²) in [6, 6.07) is 7.36. The average Bonchev–Trinajstić information content (AvgIpc) is 2.48. The van der Waals surface area contributed by atoms with E-state index in [2.05, 4.69) is 5.32 Å². The Morgan fingerprint density at radius 1 is 1.36 bits per heavy atom. The topological polar surface area (TPSA) is 67.9 Å². The van der Waals surface area contributed by atoms with Crippen LogP contribution in [0.3, 0.4) is 0 Å². The number of nitrogens with one attached hydrogen (secondary N) is 1. The van der Waals surface area contributed by atoms with Crippen molar-refractivity contribution in [3.8, 4) is 5.75 Å². The molecule has 1 N–H and O–H groups in total. The fourth-order valence-electron chi connectivity index (χ4n) is 2.34. The van der Waals surface area contributed by atoms with Crippen LogP contribution in [0.25, 0.3) is 0 Å². The number of rotatable bonds is 6. The van der Waals surface area contributed by atoms with Gasteiger partial charge in [0, 0.05) is 26.6 Å². The Labute approximate surface area is 130 Å². The van der Waals surface area contributed by atoms with Gasteiger partial charge in [-0.05, 0) is 26.0 Å². The summed E-state index contributed by atoms with van der Waals surface area (Å²) in [7, 11) is 1.58. The maximum atomic E-state index is 12.5. The van der Waals surface area contributed by atoms with E-state index in [1.54, 1.807) is 25.9 Å². The second-order valence-corrected chi connectivity index (χ2v) is 5.63. The van der Waals surface area contributed by atoms with Gasteiger partial charge < -0.3 is 19.7 Å². The normalized spacial score (nSPS) is 16.0. The number of amides is 2. The predicted octanol–water partition coefficient (Wildman–Crippen LogP) is 1.34. The van der Waals surface area contributed by atoms with Crippen LogP contribution in [0, 0.1) is 0 Å². The average molecular weight is 306 g/mol. The van der Waals surface area contributed by atoms with Gasteiger partial charge in [-0.1, -0.05) is 12.1 Å². The zero-order chi connectivity index (χ0) is 16.2. The number of para-hydroxylation sites is 2. The monoisotopic (exact) mass is 306 g/mol. The summed E-state index contributed by atoms with van der Waals surface area (Å²) in [6.45, 7) is 4.72. The molecule has 1 aromatic carbocycles. The van der Waals surface area contributed by atoms with Crippen LogP contribution in [0.5, 0.6) is 5.75 Å². The standard InChI is InChI=1S/C16H22N2O4/c1-16(2)15(20)18(10-8-14(19)17-9-11-21-3)12-6-4-5-7-13(12)22-16/h4-7H,8-11H2,1-3H3,(H,17,19). The van der Waals surface area contributed by atoms with Gasteiger partial charge in [0.2, 0.25) is 5.91 Å². The highest BCUT2D eigenvalue weighted by Gasteiger charge is 2.40. The van der Waals surface area contributed by atoms with E-state index in [1.165, 1.54) is 0 Å². The number of methoxy groups -OCH3 is 1. The molecular formula is C16H22N2O4. The number of anilines is 1. The van der Waals surface area contributed by atoms with E-state index in [9.17, 15) is 9.59 Å². The van der Waals surface area contributed by atoms with Gasteiger partial charge in [-0.2, -0.15) is 0 Å². The number of hydrogen-bond donors (Lipinski definition) is 1. The minimum Gasteiger partial charge on any atom is -0.476 e. The van der Waals surface area contributed by atoms with Gasteiger partial charge in [0.05, 0.1) is 12.3 Å². The summed E-state index contributed by atoms with van der Waals surface area (Å²) >= 11 is 0. The zero-order valence-corrected chi connectivity index (χ0v) is 13.2. The van der Waals surface area contributed by atoms with Crippen LogP contribution in [-0.2, 0) is 14.3 Å². The molecule has 0 atom stereocenters. The molecule has 0 fully saturated rings. The second-order valence-electron chi connectivity index (χ2n) is 5.63. The first kappa shape index (κ1) is 16.3. The Morgan fingerprint density at radius 3 is 2.82 bits per heavy atom. The molecule has 1 aliphatic heterocycles. The quantitative estimate of drug-likeness (QED) is 0.806. The number of benzene rings is 1. The van der Waals surface area contributed by atoms with Crippen molar-refractivity contribution in [1.29, 1.82) is 0 Å². The molecule has 0 aromatic heterocycles. The highest BCUT2D eigenvalue weighted by atomic mass is 16.5. The van der Waals surface area contributed by atoms with Crippen molar-refractivity contribution in [2.45, 2.75) is 25.9 Å². The van der Waals surface area contributed by atoms with Crippen LogP contribution in [-0.4, -0.2) is 44.2 Å². The molecule has 0 aliphatic carbocycles. The highest BCUT2D eigenvalue weighted by molar-refractivity contribution is 6.02. The van der Waals surface area contributed by atoms with E-state index in [-0.39, 0.29) is 18.2 Å². The number of carbonyl (C=O) groups is 2. The highest BCUT2D eigenvalue weighted by Crippen LogP contribution is 2.37. The van der Waals surface area contributed by atoms with Crippen LogP contribution in [0.2, 0.25) is 0 Å². The molecule has 6 nitrogen and oxygen atoms in total. The molecule has 0 saturated heterocycles. The first-order valence-electron chi connectivity index (χ1n) is 7.31. The fraction of sp³-hybridized carbons (Fsp3) is 0.500. The SMILES string of the molecule is COCCNC(=O)CCN1C(=O)C(C)(C)Oc2ccccc21. The van der Waals surface area contributed by atoms with Crippen LogP contribution >= 0.6 is 0 Å². The van der Waals surface area contributed by atoms with Gasteiger partial charge in [0.1, 0.15) is 5.75 Å². The number of ether oxygens (including phenoxy) is 2. The van der Waals surface area contributed by atoms with Gasteiger partial charge in [-0.3, -0.25) is 9.59 Å². The molecule has 0 radical (unpaired) electrons. The lowest BCUT2D eigenvalue weighted by atomic mass is 10.0. The van der Waals surface area contributed by atoms with Crippen molar-refractivity contribution in [2.75, 3.05) is 31.7 Å². The Hall–Kier alpha value is -2.08. The van der Waals surface area contributed by atoms with E-state index < -0.39 is 5.60 Å². The van der Waals surface area contributed by atoms with Crippen LogP contribution in [0.1, 0.15) is 20.3 Å². The largest absolute Gasteiger partial charge is 0.476 e. The molecule has 0 bridgehead atoms. The van der Waals surface area contributed by atoms with Crippen molar-refractivity contribution in [3.05, 3.63) is 24.3 Å². The fourth-order valence-corrected chi connectivity index (χ4v) is 2.34. The van der Waals surface area contributed by atoms with Gasteiger partial charge in [-0.15, -0.1) is 0 Å². The number of carbonyl (C=O) groups excluding carboxylic acids is 2. The van der Waals surface area contributed by atoms with E-state index in [0.29, 0.717) is 31.1 Å². The van der Waals surface area contributed by atoms with Crippen molar-refractivity contribution in [2.24, 2.45) is 0 Å². The summed E-state index contributed by atoms with van der Waals surface area (Å²) in [5.74, 6) is 0.411. The minimum atomic E-state index is -0.930. The van der Waals surface area contributed by atoms with Gasteiger partial charge >= 0.3 is 0 Å². The molecule has 6 heteroatoms. The second kappa shape index (κ2) is 6.79. The summed E-state index contributed by atoms with van der Waals surface area (Å²) in [5, 5.41) is 2.75. The van der Waals surface area contributed by atoms with Crippen LogP contribution in [0.15, 0.2) is 24.3 Å². The molecule has 2 amide bonds. The lowest BCUT2D eigenvalue weighted by Crippen LogP contribution is -2.53. The van der Waals surface area contributed by atoms with E-state index in [4.69, 9.17) is 9.47 Å². The minimum absolute atomic E-state index is 0.105. The summed E-state index contributed by atoms with van der Waals surface area (Å²) < 4.78 is 10.6. The zero-order valence-electron chi connectivity index (χ0n) is 13.2.